The fourth-order valence-corrected chi connectivity index (χ4v) is 2.83. The van der Waals surface area contributed by atoms with Crippen LogP contribution in [0, 0.1) is 0 Å². The molecule has 0 radical (unpaired) electrons. The Kier molecular flexibility index (Phi) is 3.62. The summed E-state index contributed by atoms with van der Waals surface area (Å²) in [5.41, 5.74) is 1.43. The summed E-state index contributed by atoms with van der Waals surface area (Å²) in [5.74, 6) is 0.559. The minimum Gasteiger partial charge on any atom is -0.314 e. The Hall–Kier alpha value is -0.860. The molecule has 2 rings (SSSR count). The molecule has 2 atom stereocenters. The molecule has 0 bridgehead atoms. The van der Waals surface area contributed by atoms with Crippen molar-refractivity contribution in [2.24, 2.45) is 0 Å². The zero-order valence-corrected chi connectivity index (χ0v) is 11.0. The summed E-state index contributed by atoms with van der Waals surface area (Å²) in [6.45, 7) is 7.74. The van der Waals surface area contributed by atoms with Gasteiger partial charge in [-0.15, -0.1) is 11.3 Å². The van der Waals surface area contributed by atoms with E-state index in [2.05, 4.69) is 55.7 Å². The molecule has 0 aliphatic rings. The quantitative estimate of drug-likeness (QED) is 0.841. The van der Waals surface area contributed by atoms with Crippen LogP contribution in [0.25, 0.3) is 10.1 Å². The molecule has 1 aromatic heterocycles. The third-order valence-corrected chi connectivity index (χ3v) is 4.18. The number of rotatable bonds is 4. The number of hydrogen-bond acceptors (Lipinski definition) is 2. The molecule has 1 nitrogen and oxygen atoms in total. The lowest BCUT2D eigenvalue weighted by molar-refractivity contribution is 0.495. The van der Waals surface area contributed by atoms with Crippen LogP contribution in [0.4, 0.5) is 0 Å². The predicted octanol–water partition coefficient (Wildman–Crippen LogP) is 4.00. The molecule has 0 saturated carbocycles. The second kappa shape index (κ2) is 4.98. The molecular weight excluding hydrogens is 214 g/mol. The SMILES string of the molecule is CCNC(C)C(C)c1ccc2sccc2c1. The normalized spacial score (nSPS) is 15.2. The van der Waals surface area contributed by atoms with Crippen molar-refractivity contribution >= 4 is 21.4 Å². The van der Waals surface area contributed by atoms with Crippen molar-refractivity contribution in [3.05, 3.63) is 35.2 Å². The highest BCUT2D eigenvalue weighted by Gasteiger charge is 2.13. The summed E-state index contributed by atoms with van der Waals surface area (Å²) in [6, 6.07) is 9.56. The molecule has 0 spiro atoms. The fourth-order valence-electron chi connectivity index (χ4n) is 2.06. The van der Waals surface area contributed by atoms with Gasteiger partial charge in [0.05, 0.1) is 0 Å². The standard InChI is InChI=1S/C14H19NS/c1-4-15-11(3)10(2)12-5-6-14-13(9-12)7-8-16-14/h5-11,15H,4H2,1-3H3. The minimum atomic E-state index is 0.529. The highest BCUT2D eigenvalue weighted by Crippen LogP contribution is 2.26. The number of nitrogens with one attached hydrogen (secondary N) is 1. The van der Waals surface area contributed by atoms with Crippen molar-refractivity contribution in [3.63, 3.8) is 0 Å². The van der Waals surface area contributed by atoms with Gasteiger partial charge in [-0.05, 0) is 53.9 Å². The van der Waals surface area contributed by atoms with Gasteiger partial charge in [-0.2, -0.15) is 0 Å². The smallest absolute Gasteiger partial charge is 0.0342 e. The van der Waals surface area contributed by atoms with Gasteiger partial charge < -0.3 is 5.32 Å². The summed E-state index contributed by atoms with van der Waals surface area (Å²) in [5, 5.41) is 7.02. The van der Waals surface area contributed by atoms with Crippen LogP contribution >= 0.6 is 11.3 Å². The van der Waals surface area contributed by atoms with E-state index in [4.69, 9.17) is 0 Å². The van der Waals surface area contributed by atoms with Gasteiger partial charge in [0, 0.05) is 10.7 Å². The van der Waals surface area contributed by atoms with E-state index < -0.39 is 0 Å². The van der Waals surface area contributed by atoms with E-state index in [1.165, 1.54) is 15.6 Å². The van der Waals surface area contributed by atoms with E-state index in [-0.39, 0.29) is 0 Å². The maximum absolute atomic E-state index is 3.49. The molecule has 1 heterocycles. The number of fused-ring (bicyclic) bond motifs is 1. The fraction of sp³-hybridized carbons (Fsp3) is 0.429. The molecule has 2 aromatic rings. The van der Waals surface area contributed by atoms with Crippen LogP contribution in [-0.2, 0) is 0 Å². The van der Waals surface area contributed by atoms with Crippen LogP contribution in [0.15, 0.2) is 29.6 Å². The zero-order valence-electron chi connectivity index (χ0n) is 10.2. The van der Waals surface area contributed by atoms with Gasteiger partial charge in [-0.3, -0.25) is 0 Å². The van der Waals surface area contributed by atoms with Crippen LogP contribution in [-0.4, -0.2) is 12.6 Å². The summed E-state index contributed by atoms with van der Waals surface area (Å²) in [6.07, 6.45) is 0. The van der Waals surface area contributed by atoms with Crippen LogP contribution in [0.1, 0.15) is 32.3 Å². The van der Waals surface area contributed by atoms with Crippen LogP contribution < -0.4 is 5.32 Å². The molecule has 0 aliphatic carbocycles. The molecule has 1 aromatic carbocycles. The Morgan fingerprint density at radius 2 is 2.06 bits per heavy atom. The molecule has 2 heteroatoms. The van der Waals surface area contributed by atoms with Crippen molar-refractivity contribution < 1.29 is 0 Å². The monoisotopic (exact) mass is 233 g/mol. The third-order valence-electron chi connectivity index (χ3n) is 3.28. The second-order valence-electron chi connectivity index (χ2n) is 4.35. The molecule has 1 N–H and O–H groups in total. The predicted molar refractivity (Wildman–Crippen MR) is 73.4 cm³/mol. The first-order chi connectivity index (χ1) is 7.72. The lowest BCUT2D eigenvalue weighted by Crippen LogP contribution is -2.30. The zero-order chi connectivity index (χ0) is 11.5. The van der Waals surface area contributed by atoms with Crippen molar-refractivity contribution in [2.45, 2.75) is 32.7 Å². The van der Waals surface area contributed by atoms with E-state index in [0.717, 1.165) is 6.54 Å². The second-order valence-corrected chi connectivity index (χ2v) is 5.30. The van der Waals surface area contributed by atoms with Gasteiger partial charge in [-0.1, -0.05) is 19.9 Å². The molecule has 16 heavy (non-hydrogen) atoms. The summed E-state index contributed by atoms with van der Waals surface area (Å²) in [4.78, 5) is 0. The van der Waals surface area contributed by atoms with Crippen LogP contribution in [0.5, 0.6) is 0 Å². The van der Waals surface area contributed by atoms with Crippen molar-refractivity contribution in [3.8, 4) is 0 Å². The minimum absolute atomic E-state index is 0.529. The summed E-state index contributed by atoms with van der Waals surface area (Å²) >= 11 is 1.81. The first-order valence-electron chi connectivity index (χ1n) is 5.93. The summed E-state index contributed by atoms with van der Waals surface area (Å²) in [7, 11) is 0. The number of likely N-dealkylation sites (N-methyl/N-ethyl adjacent to an activating group) is 1. The topological polar surface area (TPSA) is 12.0 Å². The molecular formula is C14H19NS. The summed E-state index contributed by atoms with van der Waals surface area (Å²) < 4.78 is 1.38. The Balaban J connectivity index is 2.24. The Bertz CT molecular complexity index is 460. The van der Waals surface area contributed by atoms with Crippen LogP contribution in [0.3, 0.4) is 0 Å². The molecule has 2 unspecified atom stereocenters. The van der Waals surface area contributed by atoms with Gasteiger partial charge in [0.1, 0.15) is 0 Å². The van der Waals surface area contributed by atoms with Crippen LogP contribution in [0.2, 0.25) is 0 Å². The van der Waals surface area contributed by atoms with E-state index >= 15 is 0 Å². The molecule has 0 amide bonds. The Morgan fingerprint density at radius 3 is 2.81 bits per heavy atom. The third kappa shape index (κ3) is 2.28. The first kappa shape index (κ1) is 11.6. The molecule has 0 fully saturated rings. The van der Waals surface area contributed by atoms with Gasteiger partial charge >= 0.3 is 0 Å². The van der Waals surface area contributed by atoms with Gasteiger partial charge in [0.25, 0.3) is 0 Å². The van der Waals surface area contributed by atoms with E-state index in [1.807, 2.05) is 11.3 Å². The lowest BCUT2D eigenvalue weighted by Gasteiger charge is -2.21. The maximum Gasteiger partial charge on any atom is 0.0342 e. The Labute approximate surface area is 101 Å². The Morgan fingerprint density at radius 1 is 1.25 bits per heavy atom. The maximum atomic E-state index is 3.49. The van der Waals surface area contributed by atoms with Gasteiger partial charge in [0.15, 0.2) is 0 Å². The van der Waals surface area contributed by atoms with Crippen molar-refractivity contribution in [2.75, 3.05) is 6.54 Å². The number of hydrogen-bond donors (Lipinski definition) is 1. The van der Waals surface area contributed by atoms with Crippen molar-refractivity contribution in [1.82, 2.24) is 5.32 Å². The van der Waals surface area contributed by atoms with Gasteiger partial charge in [-0.25, -0.2) is 0 Å². The van der Waals surface area contributed by atoms with E-state index in [0.29, 0.717) is 12.0 Å². The molecule has 86 valence electrons. The van der Waals surface area contributed by atoms with E-state index in [1.54, 1.807) is 0 Å². The lowest BCUT2D eigenvalue weighted by atomic mass is 9.94. The average molecular weight is 233 g/mol. The number of benzene rings is 1. The van der Waals surface area contributed by atoms with Gasteiger partial charge in [0.2, 0.25) is 0 Å². The highest BCUT2D eigenvalue weighted by atomic mass is 32.1. The highest BCUT2D eigenvalue weighted by molar-refractivity contribution is 7.17. The largest absolute Gasteiger partial charge is 0.314 e. The van der Waals surface area contributed by atoms with Crippen molar-refractivity contribution in [1.29, 1.82) is 0 Å². The van der Waals surface area contributed by atoms with E-state index in [9.17, 15) is 0 Å². The molecule has 0 saturated heterocycles. The number of thiophene rings is 1. The molecule has 0 aliphatic heterocycles. The average Bonchev–Trinajstić information content (AvgIpc) is 2.75. The first-order valence-corrected chi connectivity index (χ1v) is 6.81.